The average molecular weight is 227 g/mol. The Morgan fingerprint density at radius 3 is 2.81 bits per heavy atom. The van der Waals surface area contributed by atoms with Crippen LogP contribution in [0, 0.1) is 5.82 Å². The van der Waals surface area contributed by atoms with Gasteiger partial charge in [0.15, 0.2) is 0 Å². The number of ether oxygens (including phenoxy) is 1. The van der Waals surface area contributed by atoms with Crippen molar-refractivity contribution in [1.82, 2.24) is 5.32 Å². The van der Waals surface area contributed by atoms with E-state index in [4.69, 9.17) is 9.84 Å². The molecule has 0 unspecified atom stereocenters. The molecule has 0 spiro atoms. The van der Waals surface area contributed by atoms with Crippen molar-refractivity contribution in [2.75, 3.05) is 13.7 Å². The van der Waals surface area contributed by atoms with Crippen molar-refractivity contribution >= 4 is 5.91 Å². The number of rotatable bonds is 4. The van der Waals surface area contributed by atoms with Crippen LogP contribution in [-0.4, -0.2) is 30.8 Å². The molecule has 1 aromatic rings. The molecule has 5 heteroatoms. The van der Waals surface area contributed by atoms with Crippen LogP contribution in [0.4, 0.5) is 4.39 Å². The standard InChI is InChI=1S/C11H14FNO3/c1-7(14)6-13-11(15)9-4-3-8(16-2)5-10(9)12/h3-5,7,14H,6H2,1-2H3,(H,13,15)/t7-/m0/s1. The molecule has 0 radical (unpaired) electrons. The van der Waals surface area contributed by atoms with E-state index in [1.54, 1.807) is 0 Å². The van der Waals surface area contributed by atoms with Gasteiger partial charge in [0, 0.05) is 12.6 Å². The number of hydrogen-bond acceptors (Lipinski definition) is 3. The largest absolute Gasteiger partial charge is 0.497 e. The summed E-state index contributed by atoms with van der Waals surface area (Å²) in [6, 6.07) is 3.98. The first-order chi connectivity index (χ1) is 7.54. The summed E-state index contributed by atoms with van der Waals surface area (Å²) < 4.78 is 18.2. The number of hydrogen-bond donors (Lipinski definition) is 2. The van der Waals surface area contributed by atoms with Crippen LogP contribution in [0.15, 0.2) is 18.2 Å². The molecule has 0 aliphatic heterocycles. The molecule has 1 amide bonds. The van der Waals surface area contributed by atoms with Gasteiger partial charge in [-0.2, -0.15) is 0 Å². The van der Waals surface area contributed by atoms with Gasteiger partial charge in [0.1, 0.15) is 11.6 Å². The average Bonchev–Trinajstić information content (AvgIpc) is 2.25. The third-order valence-electron chi connectivity index (χ3n) is 1.98. The lowest BCUT2D eigenvalue weighted by atomic mass is 10.2. The van der Waals surface area contributed by atoms with Gasteiger partial charge in [-0.15, -0.1) is 0 Å². The first-order valence-electron chi connectivity index (χ1n) is 4.84. The normalized spacial score (nSPS) is 12.0. The molecule has 0 heterocycles. The predicted molar refractivity (Wildman–Crippen MR) is 57.0 cm³/mol. The van der Waals surface area contributed by atoms with Crippen LogP contribution >= 0.6 is 0 Å². The molecule has 0 bridgehead atoms. The van der Waals surface area contributed by atoms with Crippen LogP contribution in [0.1, 0.15) is 17.3 Å². The number of aliphatic hydroxyl groups is 1. The molecule has 0 aliphatic carbocycles. The molecule has 0 saturated carbocycles. The van der Waals surface area contributed by atoms with Gasteiger partial charge in [-0.3, -0.25) is 4.79 Å². The fourth-order valence-electron chi connectivity index (χ4n) is 1.14. The summed E-state index contributed by atoms with van der Waals surface area (Å²) in [5.74, 6) is -0.854. The van der Waals surface area contributed by atoms with Crippen LogP contribution in [0.2, 0.25) is 0 Å². The maximum atomic E-state index is 13.4. The fourth-order valence-corrected chi connectivity index (χ4v) is 1.14. The molecule has 1 aromatic carbocycles. The van der Waals surface area contributed by atoms with Gasteiger partial charge in [-0.05, 0) is 19.1 Å². The van der Waals surface area contributed by atoms with E-state index in [0.29, 0.717) is 5.75 Å². The first kappa shape index (κ1) is 12.4. The van der Waals surface area contributed by atoms with E-state index in [-0.39, 0.29) is 12.1 Å². The minimum atomic E-state index is -0.662. The molecule has 16 heavy (non-hydrogen) atoms. The molecule has 0 saturated heterocycles. The highest BCUT2D eigenvalue weighted by Gasteiger charge is 2.12. The molecule has 1 atom stereocenters. The van der Waals surface area contributed by atoms with Crippen LogP contribution in [-0.2, 0) is 0 Å². The molecule has 0 fully saturated rings. The smallest absolute Gasteiger partial charge is 0.254 e. The third-order valence-corrected chi connectivity index (χ3v) is 1.98. The summed E-state index contributed by atoms with van der Waals surface area (Å²) >= 11 is 0. The van der Waals surface area contributed by atoms with Crippen molar-refractivity contribution in [1.29, 1.82) is 0 Å². The minimum Gasteiger partial charge on any atom is -0.497 e. The topological polar surface area (TPSA) is 58.6 Å². The van der Waals surface area contributed by atoms with Crippen molar-refractivity contribution in [2.24, 2.45) is 0 Å². The Balaban J connectivity index is 2.76. The van der Waals surface area contributed by atoms with E-state index in [1.807, 2.05) is 0 Å². The zero-order valence-electron chi connectivity index (χ0n) is 9.16. The molecule has 2 N–H and O–H groups in total. The number of carbonyl (C=O) groups excluding carboxylic acids is 1. The maximum absolute atomic E-state index is 13.4. The van der Waals surface area contributed by atoms with Crippen molar-refractivity contribution in [3.05, 3.63) is 29.6 Å². The quantitative estimate of drug-likeness (QED) is 0.805. The van der Waals surface area contributed by atoms with Gasteiger partial charge in [-0.25, -0.2) is 4.39 Å². The number of carbonyl (C=O) groups is 1. The number of halogens is 1. The Hall–Kier alpha value is -1.62. The van der Waals surface area contributed by atoms with Crippen LogP contribution < -0.4 is 10.1 Å². The molecule has 4 nitrogen and oxygen atoms in total. The minimum absolute atomic E-state index is 0.0681. The van der Waals surface area contributed by atoms with E-state index < -0.39 is 17.8 Å². The molecular weight excluding hydrogens is 213 g/mol. The molecule has 1 rings (SSSR count). The van der Waals surface area contributed by atoms with E-state index >= 15 is 0 Å². The summed E-state index contributed by atoms with van der Waals surface area (Å²) in [5.41, 5.74) is -0.0681. The maximum Gasteiger partial charge on any atom is 0.254 e. The van der Waals surface area contributed by atoms with E-state index in [2.05, 4.69) is 5.32 Å². The summed E-state index contributed by atoms with van der Waals surface area (Å²) in [7, 11) is 1.42. The summed E-state index contributed by atoms with van der Waals surface area (Å²) in [5, 5.41) is 11.4. The molecule has 0 aliphatic rings. The van der Waals surface area contributed by atoms with Gasteiger partial charge in [0.2, 0.25) is 0 Å². The second kappa shape index (κ2) is 5.46. The van der Waals surface area contributed by atoms with Gasteiger partial charge >= 0.3 is 0 Å². The highest BCUT2D eigenvalue weighted by atomic mass is 19.1. The van der Waals surface area contributed by atoms with Crippen LogP contribution in [0.5, 0.6) is 5.75 Å². The number of methoxy groups -OCH3 is 1. The van der Waals surface area contributed by atoms with Crippen molar-refractivity contribution in [3.8, 4) is 5.75 Å². The van der Waals surface area contributed by atoms with Gasteiger partial charge < -0.3 is 15.2 Å². The SMILES string of the molecule is COc1ccc(C(=O)NC[C@H](C)O)c(F)c1. The van der Waals surface area contributed by atoms with Crippen LogP contribution in [0.25, 0.3) is 0 Å². The Morgan fingerprint density at radius 2 is 2.31 bits per heavy atom. The Morgan fingerprint density at radius 1 is 1.62 bits per heavy atom. The fraction of sp³-hybridized carbons (Fsp3) is 0.364. The third kappa shape index (κ3) is 3.20. The lowest BCUT2D eigenvalue weighted by molar-refractivity contribution is 0.0920. The van der Waals surface area contributed by atoms with Crippen molar-refractivity contribution < 1.29 is 19.0 Å². The van der Waals surface area contributed by atoms with E-state index in [1.165, 1.54) is 26.2 Å². The highest BCUT2D eigenvalue weighted by molar-refractivity contribution is 5.94. The van der Waals surface area contributed by atoms with Gasteiger partial charge in [0.25, 0.3) is 5.91 Å². The lowest BCUT2D eigenvalue weighted by Gasteiger charge is -2.08. The Labute approximate surface area is 93.0 Å². The second-order valence-electron chi connectivity index (χ2n) is 3.40. The van der Waals surface area contributed by atoms with Gasteiger partial charge in [0.05, 0.1) is 18.8 Å². The number of nitrogens with one attached hydrogen (secondary N) is 1. The zero-order valence-corrected chi connectivity index (χ0v) is 9.16. The summed E-state index contributed by atoms with van der Waals surface area (Å²) in [4.78, 5) is 11.5. The van der Waals surface area contributed by atoms with Crippen molar-refractivity contribution in [2.45, 2.75) is 13.0 Å². The Kier molecular flexibility index (Phi) is 4.25. The lowest BCUT2D eigenvalue weighted by Crippen LogP contribution is -2.31. The number of amides is 1. The monoisotopic (exact) mass is 227 g/mol. The Bertz CT molecular complexity index is 379. The van der Waals surface area contributed by atoms with E-state index in [9.17, 15) is 9.18 Å². The first-order valence-corrected chi connectivity index (χ1v) is 4.84. The second-order valence-corrected chi connectivity index (χ2v) is 3.40. The van der Waals surface area contributed by atoms with Gasteiger partial charge in [-0.1, -0.05) is 0 Å². The van der Waals surface area contributed by atoms with E-state index in [0.717, 1.165) is 6.07 Å². The molecule has 88 valence electrons. The molecule has 0 aromatic heterocycles. The summed E-state index contributed by atoms with van der Waals surface area (Å²) in [6.45, 7) is 1.62. The zero-order chi connectivity index (χ0) is 12.1. The summed E-state index contributed by atoms with van der Waals surface area (Å²) in [6.07, 6.45) is -0.662. The molecular formula is C11H14FNO3. The van der Waals surface area contributed by atoms with Crippen molar-refractivity contribution in [3.63, 3.8) is 0 Å². The highest BCUT2D eigenvalue weighted by Crippen LogP contribution is 2.15. The number of aliphatic hydroxyl groups excluding tert-OH is 1. The van der Waals surface area contributed by atoms with Crippen LogP contribution in [0.3, 0.4) is 0 Å². The number of benzene rings is 1. The predicted octanol–water partition coefficient (Wildman–Crippen LogP) is 0.945.